The maximum atomic E-state index is 12.6. The Morgan fingerprint density at radius 3 is 2.50 bits per heavy atom. The summed E-state index contributed by atoms with van der Waals surface area (Å²) < 4.78 is 0. The van der Waals surface area contributed by atoms with Crippen LogP contribution in [0, 0.1) is 11.8 Å². The number of hydrogen-bond donors (Lipinski definition) is 0. The topological polar surface area (TPSA) is 33.2 Å². The van der Waals surface area contributed by atoms with Crippen LogP contribution in [0.5, 0.6) is 0 Å². The molecule has 1 aromatic heterocycles. The maximum absolute atomic E-state index is 12.6. The standard InChI is InChI=1S/C17H19ClN2OS/c1-11-7-12(2)9-20(8-11)17(21)15-10-22-16(19-15)13-3-5-14(18)6-4-13/h3-6,10-12H,7-9H2,1-2H3. The molecule has 2 atom stereocenters. The fourth-order valence-corrected chi connectivity index (χ4v) is 4.01. The molecule has 1 fully saturated rings. The van der Waals surface area contributed by atoms with Crippen molar-refractivity contribution in [2.24, 2.45) is 11.8 Å². The molecular formula is C17H19ClN2OS. The van der Waals surface area contributed by atoms with E-state index >= 15 is 0 Å². The maximum Gasteiger partial charge on any atom is 0.273 e. The van der Waals surface area contributed by atoms with Crippen LogP contribution in [0.2, 0.25) is 5.02 Å². The minimum absolute atomic E-state index is 0.0508. The molecule has 3 nitrogen and oxygen atoms in total. The lowest BCUT2D eigenvalue weighted by molar-refractivity contribution is 0.0618. The van der Waals surface area contributed by atoms with Gasteiger partial charge in [0.05, 0.1) is 0 Å². The molecular weight excluding hydrogens is 316 g/mol. The quantitative estimate of drug-likeness (QED) is 0.805. The van der Waals surface area contributed by atoms with Crippen LogP contribution in [0.3, 0.4) is 0 Å². The van der Waals surface area contributed by atoms with Crippen molar-refractivity contribution in [3.8, 4) is 10.6 Å². The molecule has 2 unspecified atom stereocenters. The number of nitrogens with zero attached hydrogens (tertiary/aromatic N) is 2. The smallest absolute Gasteiger partial charge is 0.273 e. The third-order valence-corrected chi connectivity index (χ3v) is 5.11. The molecule has 0 N–H and O–H groups in total. The van der Waals surface area contributed by atoms with Crippen LogP contribution in [0.15, 0.2) is 29.6 Å². The van der Waals surface area contributed by atoms with E-state index in [0.29, 0.717) is 22.6 Å². The lowest BCUT2D eigenvalue weighted by Gasteiger charge is -2.34. The van der Waals surface area contributed by atoms with Crippen LogP contribution in [-0.2, 0) is 0 Å². The number of carbonyl (C=O) groups excluding carboxylic acids is 1. The summed E-state index contributed by atoms with van der Waals surface area (Å²) in [7, 11) is 0. The second kappa shape index (κ2) is 6.39. The fraction of sp³-hybridized carbons (Fsp3) is 0.412. The Morgan fingerprint density at radius 2 is 1.86 bits per heavy atom. The Balaban J connectivity index is 1.78. The molecule has 22 heavy (non-hydrogen) atoms. The average molecular weight is 335 g/mol. The monoisotopic (exact) mass is 334 g/mol. The molecule has 0 spiro atoms. The van der Waals surface area contributed by atoms with Crippen LogP contribution in [0.4, 0.5) is 0 Å². The molecule has 1 amide bonds. The molecule has 2 aromatic rings. The number of benzene rings is 1. The summed E-state index contributed by atoms with van der Waals surface area (Å²) in [6, 6.07) is 7.54. The van der Waals surface area contributed by atoms with Gasteiger partial charge in [-0.2, -0.15) is 0 Å². The first kappa shape index (κ1) is 15.5. The largest absolute Gasteiger partial charge is 0.337 e. The van der Waals surface area contributed by atoms with Crippen molar-refractivity contribution in [2.45, 2.75) is 20.3 Å². The Bertz CT molecular complexity index is 658. The zero-order chi connectivity index (χ0) is 15.7. The predicted molar refractivity (Wildman–Crippen MR) is 91.4 cm³/mol. The number of amides is 1. The van der Waals surface area contributed by atoms with E-state index in [0.717, 1.165) is 23.7 Å². The first-order valence-corrected chi connectivity index (χ1v) is 8.79. The highest BCUT2D eigenvalue weighted by Gasteiger charge is 2.27. The first-order chi connectivity index (χ1) is 10.5. The summed E-state index contributed by atoms with van der Waals surface area (Å²) in [5.74, 6) is 1.17. The molecule has 2 heterocycles. The highest BCUT2D eigenvalue weighted by Crippen LogP contribution is 2.27. The zero-order valence-corrected chi connectivity index (χ0v) is 14.3. The number of halogens is 1. The third kappa shape index (κ3) is 3.33. The third-order valence-electron chi connectivity index (χ3n) is 3.97. The van der Waals surface area contributed by atoms with Gasteiger partial charge in [0, 0.05) is 29.1 Å². The molecule has 1 aliphatic rings. The van der Waals surface area contributed by atoms with Crippen molar-refractivity contribution in [1.82, 2.24) is 9.88 Å². The highest BCUT2D eigenvalue weighted by atomic mass is 35.5. The van der Waals surface area contributed by atoms with E-state index in [4.69, 9.17) is 11.6 Å². The van der Waals surface area contributed by atoms with E-state index in [1.807, 2.05) is 34.5 Å². The number of carbonyl (C=O) groups is 1. The molecule has 3 rings (SSSR count). The van der Waals surface area contributed by atoms with Gasteiger partial charge in [-0.05, 0) is 30.4 Å². The SMILES string of the molecule is CC1CC(C)CN(C(=O)c2csc(-c3ccc(Cl)cc3)n2)C1. The van der Waals surface area contributed by atoms with Crippen molar-refractivity contribution in [1.29, 1.82) is 0 Å². The van der Waals surface area contributed by atoms with Gasteiger partial charge < -0.3 is 4.90 Å². The van der Waals surface area contributed by atoms with Crippen LogP contribution in [-0.4, -0.2) is 28.9 Å². The van der Waals surface area contributed by atoms with Gasteiger partial charge in [0.25, 0.3) is 5.91 Å². The van der Waals surface area contributed by atoms with Crippen molar-refractivity contribution >= 4 is 28.8 Å². The van der Waals surface area contributed by atoms with Gasteiger partial charge in [-0.1, -0.05) is 37.6 Å². The molecule has 0 aliphatic carbocycles. The number of rotatable bonds is 2. The first-order valence-electron chi connectivity index (χ1n) is 7.53. The summed E-state index contributed by atoms with van der Waals surface area (Å²) in [6.07, 6.45) is 1.19. The summed E-state index contributed by atoms with van der Waals surface area (Å²) in [5, 5.41) is 3.42. The number of hydrogen-bond acceptors (Lipinski definition) is 3. The molecule has 0 radical (unpaired) electrons. The molecule has 1 aromatic carbocycles. The Hall–Kier alpha value is -1.39. The molecule has 0 bridgehead atoms. The predicted octanol–water partition coefficient (Wildman–Crippen LogP) is 4.58. The summed E-state index contributed by atoms with van der Waals surface area (Å²) >= 11 is 7.41. The van der Waals surface area contributed by atoms with E-state index < -0.39 is 0 Å². The van der Waals surface area contributed by atoms with Crippen LogP contribution in [0.25, 0.3) is 10.6 Å². The fourth-order valence-electron chi connectivity index (χ4n) is 3.09. The highest BCUT2D eigenvalue weighted by molar-refractivity contribution is 7.13. The van der Waals surface area contributed by atoms with Crippen LogP contribution >= 0.6 is 22.9 Å². The molecule has 116 valence electrons. The van der Waals surface area contributed by atoms with E-state index in [1.165, 1.54) is 17.8 Å². The molecule has 1 saturated heterocycles. The van der Waals surface area contributed by atoms with Gasteiger partial charge in [0.2, 0.25) is 0 Å². The van der Waals surface area contributed by atoms with E-state index in [9.17, 15) is 4.79 Å². The van der Waals surface area contributed by atoms with E-state index in [2.05, 4.69) is 18.8 Å². The Labute approximate surface area is 139 Å². The second-order valence-corrected chi connectivity index (χ2v) is 7.50. The Morgan fingerprint density at radius 1 is 1.23 bits per heavy atom. The minimum Gasteiger partial charge on any atom is -0.337 e. The van der Waals surface area contributed by atoms with Crippen molar-refractivity contribution in [3.63, 3.8) is 0 Å². The lowest BCUT2D eigenvalue weighted by atomic mass is 9.92. The van der Waals surface area contributed by atoms with Gasteiger partial charge in [-0.3, -0.25) is 4.79 Å². The number of aromatic nitrogens is 1. The van der Waals surface area contributed by atoms with Gasteiger partial charge in [0.1, 0.15) is 10.7 Å². The van der Waals surface area contributed by atoms with Crippen molar-refractivity contribution in [3.05, 3.63) is 40.4 Å². The van der Waals surface area contributed by atoms with E-state index in [1.54, 1.807) is 0 Å². The van der Waals surface area contributed by atoms with Gasteiger partial charge in [0.15, 0.2) is 0 Å². The van der Waals surface area contributed by atoms with E-state index in [-0.39, 0.29) is 5.91 Å². The number of likely N-dealkylation sites (tertiary alicyclic amines) is 1. The number of piperidine rings is 1. The zero-order valence-electron chi connectivity index (χ0n) is 12.8. The molecule has 0 saturated carbocycles. The normalized spacial score (nSPS) is 21.9. The van der Waals surface area contributed by atoms with Crippen LogP contribution < -0.4 is 0 Å². The van der Waals surface area contributed by atoms with Crippen LogP contribution in [0.1, 0.15) is 30.8 Å². The lowest BCUT2D eigenvalue weighted by Crippen LogP contribution is -2.42. The van der Waals surface area contributed by atoms with Gasteiger partial charge >= 0.3 is 0 Å². The number of thiazole rings is 1. The van der Waals surface area contributed by atoms with Gasteiger partial charge in [-0.25, -0.2) is 4.98 Å². The average Bonchev–Trinajstić information content (AvgIpc) is 2.96. The van der Waals surface area contributed by atoms with Crippen molar-refractivity contribution < 1.29 is 4.79 Å². The Kier molecular flexibility index (Phi) is 4.50. The summed E-state index contributed by atoms with van der Waals surface area (Å²) in [4.78, 5) is 19.1. The second-order valence-electron chi connectivity index (χ2n) is 6.20. The minimum atomic E-state index is 0.0508. The summed E-state index contributed by atoms with van der Waals surface area (Å²) in [5.41, 5.74) is 1.55. The molecule has 1 aliphatic heterocycles. The molecule has 5 heteroatoms. The van der Waals surface area contributed by atoms with Crippen molar-refractivity contribution in [2.75, 3.05) is 13.1 Å². The summed E-state index contributed by atoms with van der Waals surface area (Å²) in [6.45, 7) is 6.07. The van der Waals surface area contributed by atoms with Gasteiger partial charge in [-0.15, -0.1) is 11.3 Å².